The van der Waals surface area contributed by atoms with E-state index in [4.69, 9.17) is 10.2 Å². The van der Waals surface area contributed by atoms with Gasteiger partial charge in [0.05, 0.1) is 11.1 Å². The molecule has 0 bridgehead atoms. The van der Waals surface area contributed by atoms with Crippen LogP contribution in [0.15, 0.2) is 24.3 Å². The Kier molecular flexibility index (Phi) is 10.5. The molecule has 0 unspecified atom stereocenters. The van der Waals surface area contributed by atoms with Crippen molar-refractivity contribution in [1.82, 2.24) is 0 Å². The minimum Gasteiger partial charge on any atom is -1.00 e. The van der Waals surface area contributed by atoms with Gasteiger partial charge in [-0.15, -0.1) is 0 Å². The van der Waals surface area contributed by atoms with E-state index in [0.717, 1.165) is 0 Å². The topological polar surface area (TPSA) is 74.6 Å². The number of carboxylic acids is 2. The third kappa shape index (κ3) is 4.82. The Bertz CT molecular complexity index is 321. The summed E-state index contributed by atoms with van der Waals surface area (Å²) in [5.74, 6) is -2.46. The maximum Gasteiger partial charge on any atom is 2.00 e. The van der Waals surface area contributed by atoms with Gasteiger partial charge in [0.2, 0.25) is 0 Å². The summed E-state index contributed by atoms with van der Waals surface area (Å²) in [5.41, 5.74) is -0.380. The van der Waals surface area contributed by atoms with Gasteiger partial charge >= 0.3 is 106 Å². The summed E-state index contributed by atoms with van der Waals surface area (Å²) in [4.78, 5) is 20.9. The second-order valence-electron chi connectivity index (χ2n) is 2.16. The van der Waals surface area contributed by atoms with E-state index in [0.29, 0.717) is 0 Å². The zero-order chi connectivity index (χ0) is 9.14. The van der Waals surface area contributed by atoms with E-state index in [1.807, 2.05) is 0 Å². The zero-order valence-corrected chi connectivity index (χ0v) is 15.4. The standard InChI is InChI=1S/C8H6O4.Ba.Sr.4H/c9-7(10)5-3-1-2-4-6(5)8(11)12;;;;;;/h1-4H,(H,9,10)(H,11,12);;;;;;/q;2*+2;4*-1. The quantitative estimate of drug-likeness (QED) is 0.726. The van der Waals surface area contributed by atoms with Gasteiger partial charge in [0.15, 0.2) is 0 Å². The normalized spacial score (nSPS) is 8.00. The molecular weight excluding hydrogens is 385 g/mol. The molecule has 0 spiro atoms. The van der Waals surface area contributed by atoms with Crippen LogP contribution < -0.4 is 0 Å². The summed E-state index contributed by atoms with van der Waals surface area (Å²) in [5, 5.41) is 17.1. The number of benzene rings is 1. The van der Waals surface area contributed by atoms with Crippen LogP contribution in [0.1, 0.15) is 26.4 Å². The predicted octanol–water partition coefficient (Wildman–Crippen LogP) is 0.771. The first-order chi connectivity index (χ1) is 5.63. The van der Waals surface area contributed by atoms with Crippen LogP contribution in [-0.2, 0) is 0 Å². The first-order valence-electron chi connectivity index (χ1n) is 3.18. The van der Waals surface area contributed by atoms with Gasteiger partial charge in [-0.25, -0.2) is 9.59 Å². The van der Waals surface area contributed by atoms with Crippen molar-refractivity contribution in [2.75, 3.05) is 0 Å². The first kappa shape index (κ1) is 17.6. The average molecular weight is 395 g/mol. The monoisotopic (exact) mass is 396 g/mol. The van der Waals surface area contributed by atoms with Crippen molar-refractivity contribution in [2.24, 2.45) is 0 Å². The molecule has 14 heavy (non-hydrogen) atoms. The van der Waals surface area contributed by atoms with Gasteiger partial charge in [0, 0.05) is 0 Å². The fourth-order valence-corrected chi connectivity index (χ4v) is 0.856. The molecule has 4 nitrogen and oxygen atoms in total. The third-order valence-electron chi connectivity index (χ3n) is 1.39. The smallest absolute Gasteiger partial charge is 1.00 e. The molecule has 0 amide bonds. The van der Waals surface area contributed by atoms with Crippen LogP contribution in [0, 0.1) is 0 Å². The molecule has 70 valence electrons. The molecule has 6 heteroatoms. The van der Waals surface area contributed by atoms with Crippen molar-refractivity contribution >= 4 is 106 Å². The van der Waals surface area contributed by atoms with Gasteiger partial charge < -0.3 is 15.9 Å². The van der Waals surface area contributed by atoms with Gasteiger partial charge in [0.25, 0.3) is 0 Å². The fourth-order valence-electron chi connectivity index (χ4n) is 0.856. The molecule has 0 radical (unpaired) electrons. The summed E-state index contributed by atoms with van der Waals surface area (Å²) in [6.07, 6.45) is 0. The Morgan fingerprint density at radius 3 is 1.50 bits per heavy atom. The molecule has 0 fully saturated rings. The molecule has 0 aromatic heterocycles. The molecule has 0 saturated heterocycles. The number of hydrogen-bond donors (Lipinski definition) is 2. The molecule has 1 aromatic carbocycles. The van der Waals surface area contributed by atoms with E-state index in [9.17, 15) is 9.59 Å². The van der Waals surface area contributed by atoms with Gasteiger partial charge in [-0.3, -0.25) is 0 Å². The molecule has 0 heterocycles. The fraction of sp³-hybridized carbons (Fsp3) is 0. The Balaban J connectivity index is -0.0000000600. The number of carboxylic acid groups (broad SMARTS) is 2. The largest absolute Gasteiger partial charge is 2.00 e. The second kappa shape index (κ2) is 8.37. The average Bonchev–Trinajstić information content (AvgIpc) is 2.04. The van der Waals surface area contributed by atoms with Gasteiger partial charge in [0.1, 0.15) is 0 Å². The number of rotatable bonds is 2. The van der Waals surface area contributed by atoms with Crippen molar-refractivity contribution < 1.29 is 25.5 Å². The molecule has 0 aliphatic rings. The molecule has 1 aromatic rings. The number of carbonyl (C=O) groups is 2. The van der Waals surface area contributed by atoms with Crippen LogP contribution in [0.3, 0.4) is 0 Å². The molecule has 0 atom stereocenters. The van der Waals surface area contributed by atoms with Gasteiger partial charge in [-0.1, -0.05) is 12.1 Å². The van der Waals surface area contributed by atoms with E-state index in [2.05, 4.69) is 0 Å². The summed E-state index contributed by atoms with van der Waals surface area (Å²) < 4.78 is 0. The molecule has 0 aliphatic heterocycles. The Hall–Kier alpha value is 1.21. The molecule has 0 saturated carbocycles. The van der Waals surface area contributed by atoms with Crippen molar-refractivity contribution in [3.05, 3.63) is 35.4 Å². The van der Waals surface area contributed by atoms with Crippen LogP contribution in [0.4, 0.5) is 0 Å². The van der Waals surface area contributed by atoms with Crippen LogP contribution in [-0.4, -0.2) is 117 Å². The van der Waals surface area contributed by atoms with Crippen LogP contribution in [0.5, 0.6) is 0 Å². The predicted molar refractivity (Wildman–Crippen MR) is 56.3 cm³/mol. The summed E-state index contributed by atoms with van der Waals surface area (Å²) in [7, 11) is 0. The SMILES string of the molecule is O=C(O)c1ccccc1C(=O)O.[Ba+2].[H-].[H-].[H-].[H-].[Sr+2]. The summed E-state index contributed by atoms with van der Waals surface area (Å²) in [6.45, 7) is 0. The van der Waals surface area contributed by atoms with Crippen LogP contribution in [0.25, 0.3) is 0 Å². The van der Waals surface area contributed by atoms with Crippen molar-refractivity contribution in [3.8, 4) is 0 Å². The Labute approximate surface area is 164 Å². The molecular formula is C8H10BaO4Sr. The maximum atomic E-state index is 10.5. The van der Waals surface area contributed by atoms with E-state index in [1.54, 1.807) is 0 Å². The molecule has 2 N–H and O–H groups in total. The van der Waals surface area contributed by atoms with Crippen molar-refractivity contribution in [2.45, 2.75) is 0 Å². The zero-order valence-electron chi connectivity index (χ0n) is 11.4. The Morgan fingerprint density at radius 2 is 1.29 bits per heavy atom. The van der Waals surface area contributed by atoms with E-state index in [1.165, 1.54) is 24.3 Å². The minimum absolute atomic E-state index is 0. The number of aromatic carboxylic acids is 2. The van der Waals surface area contributed by atoms with E-state index in [-0.39, 0.29) is 111 Å². The molecule has 0 aliphatic carbocycles. The number of hydrogen-bond acceptors (Lipinski definition) is 2. The van der Waals surface area contributed by atoms with E-state index < -0.39 is 11.9 Å². The summed E-state index contributed by atoms with van der Waals surface area (Å²) >= 11 is 0. The van der Waals surface area contributed by atoms with Crippen molar-refractivity contribution in [1.29, 1.82) is 0 Å². The second-order valence-corrected chi connectivity index (χ2v) is 2.16. The minimum atomic E-state index is -1.23. The van der Waals surface area contributed by atoms with Crippen LogP contribution >= 0.6 is 0 Å². The van der Waals surface area contributed by atoms with Gasteiger partial charge in [-0.2, -0.15) is 0 Å². The van der Waals surface area contributed by atoms with Crippen LogP contribution in [0.2, 0.25) is 0 Å². The third-order valence-corrected chi connectivity index (χ3v) is 1.39. The maximum absolute atomic E-state index is 10.5. The first-order valence-corrected chi connectivity index (χ1v) is 3.18. The Morgan fingerprint density at radius 1 is 1.00 bits per heavy atom. The van der Waals surface area contributed by atoms with E-state index >= 15 is 0 Å². The molecule has 1 rings (SSSR count). The van der Waals surface area contributed by atoms with Gasteiger partial charge in [-0.05, 0) is 12.1 Å². The van der Waals surface area contributed by atoms with Crippen molar-refractivity contribution in [3.63, 3.8) is 0 Å². The summed E-state index contributed by atoms with van der Waals surface area (Å²) in [6, 6.07) is 5.48.